The average Bonchev–Trinajstić information content (AvgIpc) is 2.55. The molecule has 0 aliphatic carbocycles. The van der Waals surface area contributed by atoms with Crippen molar-refractivity contribution in [3.8, 4) is 0 Å². The normalized spacial score (nSPS) is 12.0. The van der Waals surface area contributed by atoms with Gasteiger partial charge in [-0.15, -0.1) is 6.58 Å². The summed E-state index contributed by atoms with van der Waals surface area (Å²) in [6, 6.07) is 7.82. The second-order valence-electron chi connectivity index (χ2n) is 4.58. The minimum absolute atomic E-state index is 0.240. The number of halogens is 5. The lowest BCUT2D eigenvalue weighted by Gasteiger charge is -2.20. The van der Waals surface area contributed by atoms with E-state index in [1.807, 2.05) is 0 Å². The van der Waals surface area contributed by atoms with Crippen LogP contribution in [-0.4, -0.2) is 0 Å². The van der Waals surface area contributed by atoms with E-state index in [1.54, 1.807) is 30.3 Å². The Hall–Kier alpha value is -2.37. The summed E-state index contributed by atoms with van der Waals surface area (Å²) < 4.78 is 66.9. The van der Waals surface area contributed by atoms with Crippen LogP contribution < -0.4 is 5.32 Å². The van der Waals surface area contributed by atoms with Crippen molar-refractivity contribution in [3.63, 3.8) is 0 Å². The van der Waals surface area contributed by atoms with Crippen molar-refractivity contribution in [2.75, 3.05) is 5.32 Å². The van der Waals surface area contributed by atoms with Crippen molar-refractivity contribution in [1.82, 2.24) is 0 Å². The van der Waals surface area contributed by atoms with Gasteiger partial charge < -0.3 is 5.32 Å². The lowest BCUT2D eigenvalue weighted by molar-refractivity contribution is 0.380. The first-order valence-corrected chi connectivity index (χ1v) is 6.41. The average molecular weight is 313 g/mol. The SMILES string of the molecule is C=CCC(Nc1c(F)c(F)c(F)c(F)c1F)c1ccccc1. The predicted octanol–water partition coefficient (Wildman–Crippen LogP) is 5.11. The molecule has 2 rings (SSSR count). The van der Waals surface area contributed by atoms with E-state index >= 15 is 0 Å². The summed E-state index contributed by atoms with van der Waals surface area (Å²) in [7, 11) is 0. The van der Waals surface area contributed by atoms with Gasteiger partial charge in [-0.25, -0.2) is 22.0 Å². The zero-order valence-corrected chi connectivity index (χ0v) is 11.3. The first-order chi connectivity index (χ1) is 10.5. The molecule has 1 atom stereocenters. The fraction of sp³-hybridized carbons (Fsp3) is 0.125. The molecule has 0 aliphatic heterocycles. The van der Waals surface area contributed by atoms with Crippen LogP contribution in [0, 0.1) is 29.1 Å². The van der Waals surface area contributed by atoms with E-state index in [-0.39, 0.29) is 6.42 Å². The summed E-state index contributed by atoms with van der Waals surface area (Å²) in [6.07, 6.45) is 1.72. The molecule has 0 heterocycles. The van der Waals surface area contributed by atoms with E-state index in [9.17, 15) is 22.0 Å². The van der Waals surface area contributed by atoms with Crippen LogP contribution in [0.4, 0.5) is 27.6 Å². The summed E-state index contributed by atoms with van der Waals surface area (Å²) in [5, 5.41) is 2.37. The number of rotatable bonds is 5. The lowest BCUT2D eigenvalue weighted by Crippen LogP contribution is -2.15. The Morgan fingerprint density at radius 3 is 1.86 bits per heavy atom. The standard InChI is InChI=1S/C16H12F5N/c1-2-6-10(9-7-4-3-5-8-9)22-16-14(20)12(18)11(17)13(19)15(16)21/h2-5,7-8,10,22H,1,6H2. The molecule has 22 heavy (non-hydrogen) atoms. The number of anilines is 1. The van der Waals surface area contributed by atoms with Crippen LogP contribution in [0.2, 0.25) is 0 Å². The molecule has 0 aromatic heterocycles. The van der Waals surface area contributed by atoms with Crippen molar-refractivity contribution < 1.29 is 22.0 Å². The molecule has 0 spiro atoms. The Morgan fingerprint density at radius 1 is 0.864 bits per heavy atom. The van der Waals surface area contributed by atoms with Gasteiger partial charge in [-0.05, 0) is 12.0 Å². The predicted molar refractivity (Wildman–Crippen MR) is 73.9 cm³/mol. The van der Waals surface area contributed by atoms with E-state index in [2.05, 4.69) is 11.9 Å². The molecule has 0 aliphatic rings. The van der Waals surface area contributed by atoms with Gasteiger partial charge in [-0.1, -0.05) is 36.4 Å². The highest BCUT2D eigenvalue weighted by Crippen LogP contribution is 2.31. The first kappa shape index (κ1) is 16.0. The van der Waals surface area contributed by atoms with Gasteiger partial charge in [0.05, 0.1) is 6.04 Å². The molecule has 0 bridgehead atoms. The van der Waals surface area contributed by atoms with Crippen molar-refractivity contribution in [2.45, 2.75) is 12.5 Å². The molecule has 1 nitrogen and oxygen atoms in total. The molecule has 0 fully saturated rings. The van der Waals surface area contributed by atoms with E-state index in [4.69, 9.17) is 0 Å². The van der Waals surface area contributed by atoms with Crippen molar-refractivity contribution in [3.05, 3.63) is 77.6 Å². The molecule has 0 amide bonds. The minimum Gasteiger partial charge on any atom is -0.373 e. The van der Waals surface area contributed by atoms with Crippen LogP contribution >= 0.6 is 0 Å². The molecular weight excluding hydrogens is 301 g/mol. The summed E-state index contributed by atoms with van der Waals surface area (Å²) in [5.41, 5.74) is -0.418. The van der Waals surface area contributed by atoms with Gasteiger partial charge in [0.2, 0.25) is 5.82 Å². The van der Waals surface area contributed by atoms with Gasteiger partial charge in [-0.2, -0.15) is 0 Å². The van der Waals surface area contributed by atoms with Crippen molar-refractivity contribution >= 4 is 5.69 Å². The van der Waals surface area contributed by atoms with Gasteiger partial charge in [0, 0.05) is 0 Å². The van der Waals surface area contributed by atoms with Crippen molar-refractivity contribution in [2.24, 2.45) is 0 Å². The lowest BCUT2D eigenvalue weighted by atomic mass is 10.0. The van der Waals surface area contributed by atoms with E-state index < -0.39 is 40.8 Å². The van der Waals surface area contributed by atoms with Gasteiger partial charge >= 0.3 is 0 Å². The van der Waals surface area contributed by atoms with Gasteiger partial charge in [0.15, 0.2) is 23.3 Å². The maximum absolute atomic E-state index is 13.7. The number of hydrogen-bond acceptors (Lipinski definition) is 1. The maximum Gasteiger partial charge on any atom is 0.200 e. The highest BCUT2D eigenvalue weighted by molar-refractivity contribution is 5.49. The molecule has 0 saturated heterocycles. The zero-order chi connectivity index (χ0) is 16.3. The van der Waals surface area contributed by atoms with Crippen LogP contribution in [0.15, 0.2) is 43.0 Å². The molecule has 2 aromatic carbocycles. The number of nitrogens with one attached hydrogen (secondary N) is 1. The van der Waals surface area contributed by atoms with Crippen LogP contribution in [0.5, 0.6) is 0 Å². The van der Waals surface area contributed by atoms with Gasteiger partial charge in [0.25, 0.3) is 0 Å². The van der Waals surface area contributed by atoms with Gasteiger partial charge in [0.1, 0.15) is 5.69 Å². The first-order valence-electron chi connectivity index (χ1n) is 6.41. The quantitative estimate of drug-likeness (QED) is 0.350. The van der Waals surface area contributed by atoms with Gasteiger partial charge in [-0.3, -0.25) is 0 Å². The molecular formula is C16H12F5N. The summed E-state index contributed by atoms with van der Waals surface area (Å²) in [5.74, 6) is -9.91. The van der Waals surface area contributed by atoms with Crippen LogP contribution in [0.3, 0.4) is 0 Å². The highest BCUT2D eigenvalue weighted by Gasteiger charge is 2.27. The minimum atomic E-state index is -2.18. The van der Waals surface area contributed by atoms with Crippen LogP contribution in [0.1, 0.15) is 18.0 Å². The van der Waals surface area contributed by atoms with E-state index in [1.165, 1.54) is 6.08 Å². The molecule has 1 unspecified atom stereocenters. The maximum atomic E-state index is 13.7. The second-order valence-corrected chi connectivity index (χ2v) is 4.58. The van der Waals surface area contributed by atoms with E-state index in [0.29, 0.717) is 5.56 Å². The Kier molecular flexibility index (Phi) is 4.80. The van der Waals surface area contributed by atoms with Crippen molar-refractivity contribution in [1.29, 1.82) is 0 Å². The Labute approximate surface area is 124 Å². The Balaban J connectivity index is 2.46. The fourth-order valence-electron chi connectivity index (χ4n) is 2.04. The second kappa shape index (κ2) is 6.60. The third kappa shape index (κ3) is 2.95. The highest BCUT2D eigenvalue weighted by atomic mass is 19.2. The molecule has 2 aromatic rings. The van der Waals surface area contributed by atoms with E-state index in [0.717, 1.165) is 0 Å². The third-order valence-corrected chi connectivity index (χ3v) is 3.13. The largest absolute Gasteiger partial charge is 0.373 e. The number of benzene rings is 2. The summed E-state index contributed by atoms with van der Waals surface area (Å²) in [4.78, 5) is 0. The van der Waals surface area contributed by atoms with Crippen LogP contribution in [-0.2, 0) is 0 Å². The molecule has 1 N–H and O–H groups in total. The summed E-state index contributed by atoms with van der Waals surface area (Å²) >= 11 is 0. The van der Waals surface area contributed by atoms with Crippen LogP contribution in [0.25, 0.3) is 0 Å². The summed E-state index contributed by atoms with van der Waals surface area (Å²) in [6.45, 7) is 3.53. The Bertz CT molecular complexity index is 656. The zero-order valence-electron chi connectivity index (χ0n) is 11.3. The molecule has 6 heteroatoms. The topological polar surface area (TPSA) is 12.0 Å². The molecule has 116 valence electrons. The molecule has 0 saturated carbocycles. The smallest absolute Gasteiger partial charge is 0.200 e. The third-order valence-electron chi connectivity index (χ3n) is 3.13. The monoisotopic (exact) mass is 313 g/mol. The number of hydrogen-bond donors (Lipinski definition) is 1. The molecule has 0 radical (unpaired) electrons. The fourth-order valence-corrected chi connectivity index (χ4v) is 2.04. The Morgan fingerprint density at radius 2 is 1.36 bits per heavy atom.